The number of benzene rings is 2. The smallest absolute Gasteiger partial charge is 0.259 e. The highest BCUT2D eigenvalue weighted by atomic mass is 79.9. The zero-order valence-corrected chi connectivity index (χ0v) is 21.1. The van der Waals surface area contributed by atoms with Crippen LogP contribution in [0.2, 0.25) is 0 Å². The van der Waals surface area contributed by atoms with Crippen molar-refractivity contribution in [1.82, 2.24) is 4.90 Å². The Hall–Kier alpha value is -2.06. The highest BCUT2D eigenvalue weighted by molar-refractivity contribution is 9.11. The molecule has 1 heterocycles. The molecule has 8 heteroatoms. The molecular weight excluding hydrogens is 526 g/mol. The number of nitrogens with zero attached hydrogens (tertiary/aromatic N) is 2. The number of ether oxygens (including phenoxy) is 1. The summed E-state index contributed by atoms with van der Waals surface area (Å²) >= 11 is 6.84. The SMILES string of the molecule is COc1c(Br)cc(Br)cc1C(=O)Nc1ccc(N2CCN(C(=O)CC(C)C)CC2)cc1. The van der Waals surface area contributed by atoms with E-state index >= 15 is 0 Å². The molecule has 1 N–H and O–H groups in total. The third-order valence-corrected chi connectivity index (χ3v) is 6.21. The van der Waals surface area contributed by atoms with E-state index in [9.17, 15) is 9.59 Å². The molecule has 1 fully saturated rings. The summed E-state index contributed by atoms with van der Waals surface area (Å²) < 4.78 is 6.86. The van der Waals surface area contributed by atoms with Gasteiger partial charge in [0.2, 0.25) is 5.91 Å². The fraction of sp³-hybridized carbons (Fsp3) is 0.391. The van der Waals surface area contributed by atoms with Crippen LogP contribution < -0.4 is 15.0 Å². The number of rotatable bonds is 6. The summed E-state index contributed by atoms with van der Waals surface area (Å²) in [5, 5.41) is 2.93. The van der Waals surface area contributed by atoms with Gasteiger partial charge in [0.05, 0.1) is 17.1 Å². The van der Waals surface area contributed by atoms with E-state index in [1.54, 1.807) is 6.07 Å². The second kappa shape index (κ2) is 10.5. The Labute approximate surface area is 200 Å². The highest BCUT2D eigenvalue weighted by Crippen LogP contribution is 2.33. The van der Waals surface area contributed by atoms with Crippen LogP contribution in [0.15, 0.2) is 45.3 Å². The predicted molar refractivity (Wildman–Crippen MR) is 131 cm³/mol. The zero-order chi connectivity index (χ0) is 22.5. The molecule has 0 atom stereocenters. The minimum atomic E-state index is -0.246. The molecule has 1 aliphatic heterocycles. The van der Waals surface area contributed by atoms with E-state index in [-0.39, 0.29) is 11.8 Å². The van der Waals surface area contributed by atoms with Gasteiger partial charge in [0.15, 0.2) is 0 Å². The Morgan fingerprint density at radius 3 is 2.29 bits per heavy atom. The van der Waals surface area contributed by atoms with Gasteiger partial charge in [-0.3, -0.25) is 9.59 Å². The van der Waals surface area contributed by atoms with E-state index in [2.05, 4.69) is 55.9 Å². The van der Waals surface area contributed by atoms with E-state index in [4.69, 9.17) is 4.74 Å². The van der Waals surface area contributed by atoms with Crippen LogP contribution in [-0.4, -0.2) is 50.0 Å². The molecule has 166 valence electrons. The molecule has 0 radical (unpaired) electrons. The molecule has 0 aromatic heterocycles. The normalized spacial score (nSPS) is 14.0. The number of nitrogens with one attached hydrogen (secondary N) is 1. The van der Waals surface area contributed by atoms with Gasteiger partial charge in [0.25, 0.3) is 5.91 Å². The molecule has 2 aromatic carbocycles. The van der Waals surface area contributed by atoms with Crippen molar-refractivity contribution in [2.24, 2.45) is 5.92 Å². The van der Waals surface area contributed by atoms with Crippen LogP contribution in [-0.2, 0) is 4.79 Å². The first-order chi connectivity index (χ1) is 14.8. The van der Waals surface area contributed by atoms with Crippen LogP contribution in [0.1, 0.15) is 30.6 Å². The van der Waals surface area contributed by atoms with Crippen molar-refractivity contribution in [2.45, 2.75) is 20.3 Å². The summed E-state index contributed by atoms with van der Waals surface area (Å²) in [7, 11) is 1.54. The van der Waals surface area contributed by atoms with Gasteiger partial charge in [0.1, 0.15) is 5.75 Å². The number of anilines is 2. The first kappa shape index (κ1) is 23.6. The third kappa shape index (κ3) is 6.01. The van der Waals surface area contributed by atoms with Crippen molar-refractivity contribution in [1.29, 1.82) is 0 Å². The lowest BCUT2D eigenvalue weighted by Gasteiger charge is -2.36. The average molecular weight is 553 g/mol. The van der Waals surface area contributed by atoms with Crippen LogP contribution in [0.4, 0.5) is 11.4 Å². The Bertz CT molecular complexity index is 940. The maximum absolute atomic E-state index is 12.8. The predicted octanol–water partition coefficient (Wildman–Crippen LogP) is 5.17. The van der Waals surface area contributed by atoms with Crippen LogP contribution >= 0.6 is 31.9 Å². The summed E-state index contributed by atoms with van der Waals surface area (Å²) in [6.07, 6.45) is 0.605. The van der Waals surface area contributed by atoms with E-state index in [1.165, 1.54) is 7.11 Å². The van der Waals surface area contributed by atoms with Crippen LogP contribution in [0, 0.1) is 5.92 Å². The van der Waals surface area contributed by atoms with Gasteiger partial charge in [-0.15, -0.1) is 0 Å². The fourth-order valence-electron chi connectivity index (χ4n) is 3.58. The van der Waals surface area contributed by atoms with Crippen LogP contribution in [0.5, 0.6) is 5.75 Å². The molecule has 0 bridgehead atoms. The first-order valence-electron chi connectivity index (χ1n) is 10.3. The number of carbonyl (C=O) groups is 2. The fourth-order valence-corrected chi connectivity index (χ4v) is 4.97. The number of piperazine rings is 1. The summed E-state index contributed by atoms with van der Waals surface area (Å²) in [5.74, 6) is 0.861. The zero-order valence-electron chi connectivity index (χ0n) is 18.0. The second-order valence-corrected chi connectivity index (χ2v) is 9.71. The molecule has 0 unspecified atom stereocenters. The Balaban J connectivity index is 1.61. The van der Waals surface area contributed by atoms with Gasteiger partial charge in [0, 0.05) is 48.4 Å². The van der Waals surface area contributed by atoms with E-state index in [0.717, 1.165) is 36.3 Å². The number of amides is 2. The molecule has 6 nitrogen and oxygen atoms in total. The number of carbonyl (C=O) groups excluding carboxylic acids is 2. The Morgan fingerprint density at radius 2 is 1.71 bits per heavy atom. The number of methoxy groups -OCH3 is 1. The van der Waals surface area contributed by atoms with Gasteiger partial charge in [-0.1, -0.05) is 29.8 Å². The van der Waals surface area contributed by atoms with E-state index < -0.39 is 0 Å². The lowest BCUT2D eigenvalue weighted by molar-refractivity contribution is -0.132. The van der Waals surface area contributed by atoms with Crippen molar-refractivity contribution in [3.8, 4) is 5.75 Å². The summed E-state index contributed by atoms with van der Waals surface area (Å²) in [6.45, 7) is 7.22. The van der Waals surface area contributed by atoms with E-state index in [1.807, 2.05) is 35.2 Å². The topological polar surface area (TPSA) is 61.9 Å². The van der Waals surface area contributed by atoms with Crippen molar-refractivity contribution < 1.29 is 14.3 Å². The molecule has 1 saturated heterocycles. The minimum absolute atomic E-state index is 0.238. The van der Waals surface area contributed by atoms with Crippen molar-refractivity contribution >= 4 is 55.0 Å². The van der Waals surface area contributed by atoms with Gasteiger partial charge >= 0.3 is 0 Å². The molecule has 2 amide bonds. The van der Waals surface area contributed by atoms with Crippen LogP contribution in [0.3, 0.4) is 0 Å². The highest BCUT2D eigenvalue weighted by Gasteiger charge is 2.22. The number of halogens is 2. The molecule has 0 aliphatic carbocycles. The van der Waals surface area contributed by atoms with Gasteiger partial charge < -0.3 is 19.9 Å². The standard InChI is InChI=1S/C23H27Br2N3O3/c1-15(2)12-21(29)28-10-8-27(9-11-28)18-6-4-17(5-7-18)26-23(30)19-13-16(24)14-20(25)22(19)31-3/h4-7,13-15H,8-12H2,1-3H3,(H,26,30). The molecule has 2 aromatic rings. The molecule has 0 spiro atoms. The van der Waals surface area contributed by atoms with Gasteiger partial charge in [-0.25, -0.2) is 0 Å². The van der Waals surface area contributed by atoms with Crippen LogP contribution in [0.25, 0.3) is 0 Å². The van der Waals surface area contributed by atoms with Crippen molar-refractivity contribution in [3.05, 3.63) is 50.9 Å². The maximum atomic E-state index is 12.8. The lowest BCUT2D eigenvalue weighted by Crippen LogP contribution is -2.49. The summed E-state index contributed by atoms with van der Waals surface area (Å²) in [4.78, 5) is 29.3. The molecule has 31 heavy (non-hydrogen) atoms. The molecular formula is C23H27Br2N3O3. The van der Waals surface area contributed by atoms with Crippen molar-refractivity contribution in [2.75, 3.05) is 43.5 Å². The Kier molecular flexibility index (Phi) is 8.00. The maximum Gasteiger partial charge on any atom is 0.259 e. The molecule has 0 saturated carbocycles. The van der Waals surface area contributed by atoms with Crippen molar-refractivity contribution in [3.63, 3.8) is 0 Å². The third-order valence-electron chi connectivity index (χ3n) is 5.16. The van der Waals surface area contributed by atoms with Gasteiger partial charge in [-0.2, -0.15) is 0 Å². The minimum Gasteiger partial charge on any atom is -0.495 e. The quantitative estimate of drug-likeness (QED) is 0.537. The molecule has 1 aliphatic rings. The number of hydrogen-bond acceptors (Lipinski definition) is 4. The number of hydrogen-bond donors (Lipinski definition) is 1. The lowest BCUT2D eigenvalue weighted by atomic mass is 10.1. The first-order valence-corrected chi connectivity index (χ1v) is 11.8. The summed E-state index contributed by atoms with van der Waals surface area (Å²) in [6, 6.07) is 11.3. The molecule has 3 rings (SSSR count). The Morgan fingerprint density at radius 1 is 1.06 bits per heavy atom. The second-order valence-electron chi connectivity index (χ2n) is 7.94. The van der Waals surface area contributed by atoms with Gasteiger partial charge in [-0.05, 0) is 58.2 Å². The van der Waals surface area contributed by atoms with E-state index in [0.29, 0.717) is 33.8 Å². The monoisotopic (exact) mass is 551 g/mol. The largest absolute Gasteiger partial charge is 0.495 e. The average Bonchev–Trinajstić information content (AvgIpc) is 2.73. The summed E-state index contributed by atoms with van der Waals surface area (Å²) in [5.41, 5.74) is 2.23.